The van der Waals surface area contributed by atoms with Gasteiger partial charge in [0.15, 0.2) is 0 Å². The number of hydrogen-bond donors (Lipinski definition) is 1. The molecule has 0 radical (unpaired) electrons. The van der Waals surface area contributed by atoms with Crippen molar-refractivity contribution < 1.29 is 18.7 Å². The molecule has 3 heterocycles. The Morgan fingerprint density at radius 3 is 2.77 bits per heavy atom. The van der Waals surface area contributed by atoms with Crippen LogP contribution in [-0.4, -0.2) is 56.1 Å². The number of aryl methyl sites for hydroxylation is 1. The first-order valence-corrected chi connectivity index (χ1v) is 10.6. The minimum Gasteiger partial charge on any atom is -0.465 e. The largest absolute Gasteiger partial charge is 0.465 e. The SMILES string of the molecule is Cc1ccc(C(CNC(=O)C2CC(=O)N(c3cccc(Cl)c3)C2)N2CCOCC2)o1. The van der Waals surface area contributed by atoms with Gasteiger partial charge in [0.1, 0.15) is 11.5 Å². The monoisotopic (exact) mass is 431 g/mol. The van der Waals surface area contributed by atoms with Crippen molar-refractivity contribution in [3.63, 3.8) is 0 Å². The summed E-state index contributed by atoms with van der Waals surface area (Å²) in [6, 6.07) is 11.0. The van der Waals surface area contributed by atoms with E-state index in [1.165, 1.54) is 0 Å². The van der Waals surface area contributed by atoms with Gasteiger partial charge in [0.25, 0.3) is 0 Å². The van der Waals surface area contributed by atoms with Gasteiger partial charge in [-0.2, -0.15) is 0 Å². The van der Waals surface area contributed by atoms with Crippen LogP contribution < -0.4 is 10.2 Å². The second-order valence-electron chi connectivity index (χ2n) is 7.74. The van der Waals surface area contributed by atoms with Crippen LogP contribution in [0.2, 0.25) is 5.02 Å². The maximum absolute atomic E-state index is 12.9. The quantitative estimate of drug-likeness (QED) is 0.761. The van der Waals surface area contributed by atoms with Gasteiger partial charge in [0.2, 0.25) is 11.8 Å². The lowest BCUT2D eigenvalue weighted by atomic mass is 10.1. The van der Waals surface area contributed by atoms with Gasteiger partial charge in [-0.05, 0) is 37.3 Å². The van der Waals surface area contributed by atoms with E-state index in [0.717, 1.165) is 30.3 Å². The molecule has 7 nitrogen and oxygen atoms in total. The number of furan rings is 1. The normalized spacial score (nSPS) is 21.1. The van der Waals surface area contributed by atoms with E-state index in [9.17, 15) is 9.59 Å². The fraction of sp³-hybridized carbons (Fsp3) is 0.455. The van der Waals surface area contributed by atoms with Crippen LogP contribution in [0.3, 0.4) is 0 Å². The first-order chi connectivity index (χ1) is 14.5. The fourth-order valence-electron chi connectivity index (χ4n) is 4.05. The van der Waals surface area contributed by atoms with Crippen LogP contribution in [0, 0.1) is 12.8 Å². The number of halogens is 1. The molecule has 0 spiro atoms. The minimum absolute atomic E-state index is 0.0623. The molecule has 30 heavy (non-hydrogen) atoms. The van der Waals surface area contributed by atoms with E-state index in [-0.39, 0.29) is 30.2 Å². The molecule has 0 bridgehead atoms. The molecule has 160 valence electrons. The molecular weight excluding hydrogens is 406 g/mol. The molecular formula is C22H26ClN3O4. The van der Waals surface area contributed by atoms with Gasteiger partial charge in [-0.3, -0.25) is 14.5 Å². The van der Waals surface area contributed by atoms with Crippen molar-refractivity contribution in [2.45, 2.75) is 19.4 Å². The molecule has 0 saturated carbocycles. The van der Waals surface area contributed by atoms with E-state index in [4.69, 9.17) is 20.8 Å². The number of ether oxygens (including phenoxy) is 1. The van der Waals surface area contributed by atoms with Gasteiger partial charge >= 0.3 is 0 Å². The predicted molar refractivity (Wildman–Crippen MR) is 113 cm³/mol. The van der Waals surface area contributed by atoms with Gasteiger partial charge in [-0.25, -0.2) is 0 Å². The highest BCUT2D eigenvalue weighted by Crippen LogP contribution is 2.28. The average molecular weight is 432 g/mol. The van der Waals surface area contributed by atoms with Crippen molar-refractivity contribution in [3.8, 4) is 0 Å². The average Bonchev–Trinajstić information content (AvgIpc) is 3.35. The number of anilines is 1. The Labute approximate surface area is 180 Å². The number of rotatable bonds is 6. The Morgan fingerprint density at radius 1 is 1.27 bits per heavy atom. The van der Waals surface area contributed by atoms with Crippen LogP contribution in [0.25, 0.3) is 0 Å². The second-order valence-corrected chi connectivity index (χ2v) is 8.18. The third kappa shape index (κ3) is 4.69. The summed E-state index contributed by atoms with van der Waals surface area (Å²) in [7, 11) is 0. The predicted octanol–water partition coefficient (Wildman–Crippen LogP) is 2.78. The maximum Gasteiger partial charge on any atom is 0.227 e. The van der Waals surface area contributed by atoms with E-state index >= 15 is 0 Å². The Morgan fingerprint density at radius 2 is 2.07 bits per heavy atom. The lowest BCUT2D eigenvalue weighted by Gasteiger charge is -2.33. The number of morpholine rings is 1. The van der Waals surface area contributed by atoms with Crippen molar-refractivity contribution in [3.05, 3.63) is 52.9 Å². The molecule has 8 heteroatoms. The van der Waals surface area contributed by atoms with Crippen molar-refractivity contribution in [2.24, 2.45) is 5.92 Å². The molecule has 2 aromatic rings. The Hall–Kier alpha value is -2.35. The molecule has 2 amide bonds. The van der Waals surface area contributed by atoms with Gasteiger partial charge in [0.05, 0.1) is 25.2 Å². The van der Waals surface area contributed by atoms with E-state index in [2.05, 4.69) is 10.2 Å². The van der Waals surface area contributed by atoms with E-state index in [1.807, 2.05) is 25.1 Å². The molecule has 2 aliphatic rings. The third-order valence-electron chi connectivity index (χ3n) is 5.66. The van der Waals surface area contributed by atoms with Crippen molar-refractivity contribution >= 4 is 29.1 Å². The molecule has 2 saturated heterocycles. The number of nitrogens with zero attached hydrogens (tertiary/aromatic N) is 2. The highest BCUT2D eigenvalue weighted by atomic mass is 35.5. The molecule has 1 aromatic heterocycles. The minimum atomic E-state index is -0.389. The molecule has 2 unspecified atom stereocenters. The van der Waals surface area contributed by atoms with Crippen LogP contribution in [0.4, 0.5) is 5.69 Å². The van der Waals surface area contributed by atoms with Crippen LogP contribution >= 0.6 is 11.6 Å². The van der Waals surface area contributed by atoms with Crippen molar-refractivity contribution in [2.75, 3.05) is 44.3 Å². The van der Waals surface area contributed by atoms with Crippen LogP contribution in [0.15, 0.2) is 40.8 Å². The Bertz CT molecular complexity index is 909. The summed E-state index contributed by atoms with van der Waals surface area (Å²) >= 11 is 6.05. The van der Waals surface area contributed by atoms with E-state index in [1.54, 1.807) is 23.1 Å². The van der Waals surface area contributed by atoms with Gasteiger partial charge in [0, 0.05) is 43.3 Å². The zero-order valence-corrected chi connectivity index (χ0v) is 17.7. The maximum atomic E-state index is 12.9. The van der Waals surface area contributed by atoms with Crippen LogP contribution in [0.1, 0.15) is 24.0 Å². The topological polar surface area (TPSA) is 75.0 Å². The summed E-state index contributed by atoms with van der Waals surface area (Å²) in [4.78, 5) is 29.2. The van der Waals surface area contributed by atoms with Gasteiger partial charge < -0.3 is 19.4 Å². The summed E-state index contributed by atoms with van der Waals surface area (Å²) in [5, 5.41) is 3.61. The molecule has 4 rings (SSSR count). The van der Waals surface area contributed by atoms with Crippen LogP contribution in [0.5, 0.6) is 0 Å². The summed E-state index contributed by atoms with van der Waals surface area (Å²) in [6.07, 6.45) is 0.195. The molecule has 2 atom stereocenters. The number of nitrogens with one attached hydrogen (secondary N) is 1. The van der Waals surface area contributed by atoms with Gasteiger partial charge in [-0.1, -0.05) is 17.7 Å². The standard InChI is InChI=1S/C22H26ClN3O4/c1-15-5-6-20(30-15)19(25-7-9-29-10-8-25)13-24-22(28)16-11-21(27)26(14-16)18-4-2-3-17(23)12-18/h2-6,12,16,19H,7-11,13-14H2,1H3,(H,24,28). The molecule has 2 fully saturated rings. The molecule has 1 N–H and O–H groups in total. The second kappa shape index (κ2) is 9.20. The zero-order chi connectivity index (χ0) is 21.1. The smallest absolute Gasteiger partial charge is 0.227 e. The summed E-state index contributed by atoms with van der Waals surface area (Å²) in [5.74, 6) is 1.10. The fourth-order valence-corrected chi connectivity index (χ4v) is 4.23. The highest BCUT2D eigenvalue weighted by Gasteiger charge is 2.36. The van der Waals surface area contributed by atoms with Crippen molar-refractivity contribution in [1.82, 2.24) is 10.2 Å². The summed E-state index contributed by atoms with van der Waals surface area (Å²) in [5.41, 5.74) is 0.722. The third-order valence-corrected chi connectivity index (χ3v) is 5.90. The number of carbonyl (C=O) groups is 2. The number of hydrogen-bond acceptors (Lipinski definition) is 5. The van der Waals surface area contributed by atoms with E-state index < -0.39 is 0 Å². The number of benzene rings is 1. The lowest BCUT2D eigenvalue weighted by Crippen LogP contribution is -2.44. The molecule has 1 aromatic carbocycles. The zero-order valence-electron chi connectivity index (χ0n) is 17.0. The lowest BCUT2D eigenvalue weighted by molar-refractivity contribution is -0.126. The summed E-state index contributed by atoms with van der Waals surface area (Å²) < 4.78 is 11.3. The first-order valence-electron chi connectivity index (χ1n) is 10.2. The Kier molecular flexibility index (Phi) is 6.41. The van der Waals surface area contributed by atoms with E-state index in [0.29, 0.717) is 31.3 Å². The Balaban J connectivity index is 1.40. The van der Waals surface area contributed by atoms with Crippen molar-refractivity contribution in [1.29, 1.82) is 0 Å². The first kappa shape index (κ1) is 20.9. The van der Waals surface area contributed by atoms with Gasteiger partial charge in [-0.15, -0.1) is 0 Å². The number of carbonyl (C=O) groups excluding carboxylic acids is 2. The highest BCUT2D eigenvalue weighted by molar-refractivity contribution is 6.31. The van der Waals surface area contributed by atoms with Crippen LogP contribution in [-0.2, 0) is 14.3 Å². The molecule has 2 aliphatic heterocycles. The summed E-state index contributed by atoms with van der Waals surface area (Å²) in [6.45, 7) is 5.58. The molecule has 0 aliphatic carbocycles. The number of amides is 2.